The predicted molar refractivity (Wildman–Crippen MR) is 35.3 cm³/mol. The van der Waals surface area contributed by atoms with E-state index >= 15 is 0 Å². The van der Waals surface area contributed by atoms with E-state index in [0.29, 0.717) is 0 Å². The van der Waals surface area contributed by atoms with Gasteiger partial charge in [0.25, 0.3) is 0 Å². The van der Waals surface area contributed by atoms with Crippen LogP contribution in [0.25, 0.3) is 0 Å². The Kier molecular flexibility index (Phi) is 5.01. The molecule has 0 heterocycles. The summed E-state index contributed by atoms with van der Waals surface area (Å²) in [6.45, 7) is 2.31. The van der Waals surface area contributed by atoms with Crippen LogP contribution in [0, 0.1) is 7.05 Å². The molecule has 0 aromatic rings. The summed E-state index contributed by atoms with van der Waals surface area (Å²) >= 11 is 0. The normalized spacial score (nSPS) is 10.5. The van der Waals surface area contributed by atoms with Crippen molar-refractivity contribution in [3.63, 3.8) is 0 Å². The first-order chi connectivity index (χ1) is 3.77. The average Bonchev–Trinajstić information content (AvgIpc) is 1.66. The topological polar surface area (TPSA) is 19.9 Å². The molecule has 0 amide bonds. The Labute approximate surface area is 51.9 Å². The van der Waals surface area contributed by atoms with Gasteiger partial charge in [-0.1, -0.05) is 0 Å². The quantitative estimate of drug-likeness (QED) is 0.380. The maximum absolute atomic E-state index is 3.64. The summed E-state index contributed by atoms with van der Waals surface area (Å²) in [7, 11) is 7.81. The van der Waals surface area contributed by atoms with Crippen molar-refractivity contribution >= 4 is 0 Å². The second kappa shape index (κ2) is 5.06. The molecule has 0 fully saturated rings. The molecule has 0 spiro atoms. The first-order valence-corrected chi connectivity index (χ1v) is 3.03. The van der Waals surface area contributed by atoms with Crippen molar-refractivity contribution in [3.05, 3.63) is 7.05 Å². The first-order valence-electron chi connectivity index (χ1n) is 3.03. The Hall–Kier alpha value is -0.0800. The van der Waals surface area contributed by atoms with E-state index in [0.717, 1.165) is 6.54 Å². The van der Waals surface area contributed by atoms with Crippen molar-refractivity contribution in [1.82, 2.24) is 4.90 Å². The Bertz CT molecular complexity index is 43.8. The molecule has 0 radical (unpaired) electrons. The molecule has 2 heteroatoms. The zero-order valence-electron chi connectivity index (χ0n) is 5.85. The van der Waals surface area contributed by atoms with Crippen LogP contribution >= 0.6 is 0 Å². The summed E-state index contributed by atoms with van der Waals surface area (Å²) in [4.78, 5) is 2.18. The fourth-order valence-corrected chi connectivity index (χ4v) is 0.552. The molecule has 0 atom stereocenters. The highest BCUT2D eigenvalue weighted by atomic mass is 15.0. The Morgan fingerprint density at radius 1 is 1.50 bits per heavy atom. The molecular formula is C6H16N2. The summed E-state index contributed by atoms with van der Waals surface area (Å²) in [6, 6.07) is 0. The molecule has 50 valence electrons. The zero-order valence-corrected chi connectivity index (χ0v) is 5.85. The summed E-state index contributed by atoms with van der Waals surface area (Å²) in [5.74, 6) is 0. The van der Waals surface area contributed by atoms with Gasteiger partial charge in [0.1, 0.15) is 0 Å². The Morgan fingerprint density at radius 3 is 2.50 bits per heavy atom. The van der Waals surface area contributed by atoms with Gasteiger partial charge in [-0.2, -0.15) is 7.05 Å². The van der Waals surface area contributed by atoms with Crippen LogP contribution in [-0.4, -0.2) is 32.1 Å². The third-order valence-corrected chi connectivity index (χ3v) is 1.01. The first kappa shape index (κ1) is 7.92. The minimum absolute atomic E-state index is 1.14. The van der Waals surface area contributed by atoms with Crippen molar-refractivity contribution in [3.8, 4) is 0 Å². The highest BCUT2D eigenvalue weighted by molar-refractivity contribution is 4.39. The minimum atomic E-state index is 1.14. The SMILES string of the molecule is [CH2-][NH2+]CCCN(C)C. The second-order valence-electron chi connectivity index (χ2n) is 2.23. The number of nitrogens with two attached hydrogens (primary N) is 1. The lowest BCUT2D eigenvalue weighted by Gasteiger charge is -2.07. The van der Waals surface area contributed by atoms with Crippen LogP contribution in [0.3, 0.4) is 0 Å². The summed E-state index contributed by atoms with van der Waals surface area (Å²) in [5.41, 5.74) is 0. The standard InChI is InChI=1S/C6H16N2/c1-7-5-4-6-8(2)3/h1,4-7H2,2-3H3. The van der Waals surface area contributed by atoms with E-state index in [9.17, 15) is 0 Å². The molecular weight excluding hydrogens is 100 g/mol. The zero-order chi connectivity index (χ0) is 6.41. The smallest absolute Gasteiger partial charge is 0.0527 e. The lowest BCUT2D eigenvalue weighted by atomic mass is 10.4. The van der Waals surface area contributed by atoms with E-state index in [1.54, 1.807) is 0 Å². The second-order valence-corrected chi connectivity index (χ2v) is 2.23. The van der Waals surface area contributed by atoms with Gasteiger partial charge in [0, 0.05) is 13.0 Å². The Balaban J connectivity index is 2.72. The van der Waals surface area contributed by atoms with Crippen LogP contribution in [0.15, 0.2) is 0 Å². The molecule has 0 rings (SSSR count). The third kappa shape index (κ3) is 5.92. The lowest BCUT2D eigenvalue weighted by molar-refractivity contribution is -0.595. The van der Waals surface area contributed by atoms with Gasteiger partial charge in [0.15, 0.2) is 0 Å². The summed E-state index contributed by atoms with van der Waals surface area (Å²) < 4.78 is 0. The monoisotopic (exact) mass is 116 g/mol. The van der Waals surface area contributed by atoms with Gasteiger partial charge in [0.2, 0.25) is 0 Å². The van der Waals surface area contributed by atoms with Crippen molar-refractivity contribution < 1.29 is 5.32 Å². The van der Waals surface area contributed by atoms with Crippen LogP contribution in [-0.2, 0) is 0 Å². The van der Waals surface area contributed by atoms with E-state index in [4.69, 9.17) is 0 Å². The van der Waals surface area contributed by atoms with E-state index < -0.39 is 0 Å². The van der Waals surface area contributed by atoms with Crippen molar-refractivity contribution in [2.24, 2.45) is 0 Å². The third-order valence-electron chi connectivity index (χ3n) is 1.01. The van der Waals surface area contributed by atoms with Gasteiger partial charge in [0.05, 0.1) is 6.54 Å². The van der Waals surface area contributed by atoms with E-state index in [2.05, 4.69) is 26.0 Å². The minimum Gasteiger partial charge on any atom is -0.479 e. The molecule has 2 N–H and O–H groups in total. The maximum atomic E-state index is 3.64. The van der Waals surface area contributed by atoms with Crippen LogP contribution in [0.5, 0.6) is 0 Å². The summed E-state index contributed by atoms with van der Waals surface area (Å²) in [5, 5.41) is 1.96. The number of hydrogen-bond acceptors (Lipinski definition) is 1. The van der Waals surface area contributed by atoms with E-state index in [1.807, 2.05) is 5.32 Å². The summed E-state index contributed by atoms with van der Waals surface area (Å²) in [6.07, 6.45) is 1.23. The highest BCUT2D eigenvalue weighted by Crippen LogP contribution is 1.76. The van der Waals surface area contributed by atoms with Crippen molar-refractivity contribution in [1.29, 1.82) is 0 Å². The Morgan fingerprint density at radius 2 is 2.12 bits per heavy atom. The molecule has 0 saturated heterocycles. The van der Waals surface area contributed by atoms with Gasteiger partial charge >= 0.3 is 0 Å². The predicted octanol–water partition coefficient (Wildman–Crippen LogP) is -0.707. The van der Waals surface area contributed by atoms with Crippen LogP contribution in [0.1, 0.15) is 6.42 Å². The van der Waals surface area contributed by atoms with Gasteiger partial charge in [-0.05, 0) is 14.1 Å². The van der Waals surface area contributed by atoms with Gasteiger partial charge in [-0.3, -0.25) is 0 Å². The molecule has 2 nitrogen and oxygen atoms in total. The molecule has 0 aliphatic rings. The molecule has 0 bridgehead atoms. The van der Waals surface area contributed by atoms with Crippen LogP contribution in [0.4, 0.5) is 0 Å². The van der Waals surface area contributed by atoms with Gasteiger partial charge < -0.3 is 10.2 Å². The number of hydrogen-bond donors (Lipinski definition) is 1. The molecule has 8 heavy (non-hydrogen) atoms. The number of rotatable bonds is 4. The largest absolute Gasteiger partial charge is 0.479 e. The fourth-order valence-electron chi connectivity index (χ4n) is 0.552. The van der Waals surface area contributed by atoms with E-state index in [-0.39, 0.29) is 0 Å². The highest BCUT2D eigenvalue weighted by Gasteiger charge is 1.86. The molecule has 0 unspecified atom stereocenters. The lowest BCUT2D eigenvalue weighted by Crippen LogP contribution is -2.77. The molecule has 0 aromatic carbocycles. The number of quaternary nitrogens is 1. The molecule has 0 saturated carbocycles. The van der Waals surface area contributed by atoms with E-state index in [1.165, 1.54) is 13.0 Å². The van der Waals surface area contributed by atoms with Gasteiger partial charge in [-0.25, -0.2) is 0 Å². The molecule has 0 aliphatic heterocycles. The van der Waals surface area contributed by atoms with Crippen molar-refractivity contribution in [2.45, 2.75) is 6.42 Å². The maximum Gasteiger partial charge on any atom is 0.0527 e. The average molecular weight is 116 g/mol. The molecule has 0 aliphatic carbocycles. The molecule has 0 aromatic heterocycles. The van der Waals surface area contributed by atoms with Crippen LogP contribution in [0.2, 0.25) is 0 Å². The fraction of sp³-hybridized carbons (Fsp3) is 0.833. The van der Waals surface area contributed by atoms with Crippen LogP contribution < -0.4 is 5.32 Å². The number of nitrogens with zero attached hydrogens (tertiary/aromatic N) is 1. The van der Waals surface area contributed by atoms with Gasteiger partial charge in [-0.15, -0.1) is 0 Å². The van der Waals surface area contributed by atoms with Crippen molar-refractivity contribution in [2.75, 3.05) is 27.2 Å².